The van der Waals surface area contributed by atoms with Crippen LogP contribution in [0.4, 0.5) is 10.1 Å². The molecule has 21 heavy (non-hydrogen) atoms. The SMILES string of the molecule is Cc1nn(CCCC(=O)Nc2ccc(F)cc2)c(C)c1I. The van der Waals surface area contributed by atoms with E-state index in [9.17, 15) is 9.18 Å². The number of nitrogens with one attached hydrogen (secondary N) is 1. The molecule has 112 valence electrons. The summed E-state index contributed by atoms with van der Waals surface area (Å²) in [6, 6.07) is 5.76. The Morgan fingerprint density at radius 3 is 2.57 bits per heavy atom. The number of halogens is 2. The van der Waals surface area contributed by atoms with Crippen LogP contribution in [0.3, 0.4) is 0 Å². The van der Waals surface area contributed by atoms with Crippen molar-refractivity contribution in [3.8, 4) is 0 Å². The first-order valence-electron chi connectivity index (χ1n) is 6.72. The molecule has 0 aliphatic rings. The average Bonchev–Trinajstić information content (AvgIpc) is 2.69. The Bertz CT molecular complexity index is 637. The van der Waals surface area contributed by atoms with Crippen molar-refractivity contribution in [2.75, 3.05) is 5.32 Å². The Balaban J connectivity index is 1.81. The van der Waals surface area contributed by atoms with E-state index in [0.29, 0.717) is 25.1 Å². The Labute approximate surface area is 136 Å². The van der Waals surface area contributed by atoms with Crippen molar-refractivity contribution in [1.29, 1.82) is 0 Å². The summed E-state index contributed by atoms with van der Waals surface area (Å²) in [5.74, 6) is -0.384. The number of hydrogen-bond donors (Lipinski definition) is 1. The molecule has 0 unspecified atom stereocenters. The molecule has 0 aliphatic carbocycles. The van der Waals surface area contributed by atoms with Crippen LogP contribution in [0.1, 0.15) is 24.2 Å². The number of carbonyl (C=O) groups excluding carboxylic acids is 1. The summed E-state index contributed by atoms with van der Waals surface area (Å²) in [5.41, 5.74) is 2.76. The number of nitrogens with zero attached hydrogens (tertiary/aromatic N) is 2. The van der Waals surface area contributed by atoms with Gasteiger partial charge in [-0.05, 0) is 67.1 Å². The lowest BCUT2D eigenvalue weighted by molar-refractivity contribution is -0.116. The molecular weight excluding hydrogens is 384 g/mol. The normalized spacial score (nSPS) is 10.7. The molecule has 1 aromatic carbocycles. The van der Waals surface area contributed by atoms with Crippen molar-refractivity contribution in [1.82, 2.24) is 9.78 Å². The molecule has 0 bridgehead atoms. The Hall–Kier alpha value is -1.44. The quantitative estimate of drug-likeness (QED) is 0.778. The van der Waals surface area contributed by atoms with E-state index in [1.54, 1.807) is 12.1 Å². The number of hydrogen-bond acceptors (Lipinski definition) is 2. The first kappa shape index (κ1) is 15.9. The highest BCUT2D eigenvalue weighted by Crippen LogP contribution is 2.16. The maximum absolute atomic E-state index is 12.8. The van der Waals surface area contributed by atoms with Gasteiger partial charge in [-0.25, -0.2) is 4.39 Å². The topological polar surface area (TPSA) is 46.9 Å². The number of aromatic nitrogens is 2. The van der Waals surface area contributed by atoms with Crippen molar-refractivity contribution in [3.63, 3.8) is 0 Å². The second-order valence-electron chi connectivity index (χ2n) is 4.87. The molecule has 0 atom stereocenters. The Morgan fingerprint density at radius 1 is 1.33 bits per heavy atom. The number of rotatable bonds is 5. The van der Waals surface area contributed by atoms with Crippen LogP contribution in [0.25, 0.3) is 0 Å². The first-order valence-corrected chi connectivity index (χ1v) is 7.80. The predicted octanol–water partition coefficient (Wildman–Crippen LogP) is 3.66. The molecule has 2 aromatic rings. The van der Waals surface area contributed by atoms with Crippen LogP contribution in [-0.4, -0.2) is 15.7 Å². The van der Waals surface area contributed by atoms with Crippen molar-refractivity contribution in [2.45, 2.75) is 33.2 Å². The standard InChI is InChI=1S/C15H17FIN3O/c1-10-15(17)11(2)20(19-10)9-3-4-14(21)18-13-7-5-12(16)6-8-13/h5-8H,3-4,9H2,1-2H3,(H,18,21). The van der Waals surface area contributed by atoms with Crippen molar-refractivity contribution in [2.24, 2.45) is 0 Å². The maximum atomic E-state index is 12.8. The molecule has 2 rings (SSSR count). The largest absolute Gasteiger partial charge is 0.326 e. The lowest BCUT2D eigenvalue weighted by Crippen LogP contribution is -2.13. The summed E-state index contributed by atoms with van der Waals surface area (Å²) in [6.07, 6.45) is 1.12. The highest BCUT2D eigenvalue weighted by molar-refractivity contribution is 14.1. The van der Waals surface area contributed by atoms with Crippen molar-refractivity contribution < 1.29 is 9.18 Å². The minimum absolute atomic E-state index is 0.0714. The molecule has 1 amide bonds. The van der Waals surface area contributed by atoms with E-state index in [1.807, 2.05) is 18.5 Å². The monoisotopic (exact) mass is 401 g/mol. The molecule has 6 heteroatoms. The van der Waals surface area contributed by atoms with Crippen LogP contribution in [0.15, 0.2) is 24.3 Å². The van der Waals surface area contributed by atoms with Crippen molar-refractivity contribution >= 4 is 34.2 Å². The zero-order chi connectivity index (χ0) is 15.4. The van der Waals surface area contributed by atoms with Gasteiger partial charge >= 0.3 is 0 Å². The predicted molar refractivity (Wildman–Crippen MR) is 88.7 cm³/mol. The summed E-state index contributed by atoms with van der Waals surface area (Å²) in [6.45, 7) is 4.72. The number of benzene rings is 1. The van der Waals surface area contributed by atoms with Gasteiger partial charge in [0.2, 0.25) is 5.91 Å². The van der Waals surface area contributed by atoms with Gasteiger partial charge in [-0.15, -0.1) is 0 Å². The molecule has 0 saturated carbocycles. The zero-order valence-electron chi connectivity index (χ0n) is 12.0. The van der Waals surface area contributed by atoms with Gasteiger partial charge in [-0.1, -0.05) is 0 Å². The first-order chi connectivity index (χ1) is 9.97. The molecule has 0 aliphatic heterocycles. The zero-order valence-corrected chi connectivity index (χ0v) is 14.1. The Morgan fingerprint density at radius 2 is 2.00 bits per heavy atom. The molecule has 0 radical (unpaired) electrons. The summed E-state index contributed by atoms with van der Waals surface area (Å²) in [4.78, 5) is 11.8. The van der Waals surface area contributed by atoms with E-state index in [2.05, 4.69) is 33.0 Å². The van der Waals surface area contributed by atoms with Crippen molar-refractivity contribution in [3.05, 3.63) is 45.0 Å². The number of amides is 1. The van der Waals surface area contributed by atoms with Crippen LogP contribution in [0.5, 0.6) is 0 Å². The summed E-state index contributed by atoms with van der Waals surface area (Å²) < 4.78 is 15.9. The maximum Gasteiger partial charge on any atom is 0.224 e. The van der Waals surface area contributed by atoms with Gasteiger partial charge in [0, 0.05) is 24.3 Å². The van der Waals surface area contributed by atoms with Gasteiger partial charge in [0.1, 0.15) is 5.82 Å². The second-order valence-corrected chi connectivity index (χ2v) is 5.95. The third-order valence-corrected chi connectivity index (χ3v) is 4.76. The van der Waals surface area contributed by atoms with E-state index in [0.717, 1.165) is 11.4 Å². The van der Waals surface area contributed by atoms with E-state index in [4.69, 9.17) is 0 Å². The van der Waals surface area contributed by atoms with Gasteiger partial charge in [0.05, 0.1) is 9.26 Å². The second kappa shape index (κ2) is 7.02. The molecule has 0 saturated heterocycles. The van der Waals surface area contributed by atoms with Gasteiger partial charge in [0.25, 0.3) is 0 Å². The van der Waals surface area contributed by atoms with Gasteiger partial charge in [0.15, 0.2) is 0 Å². The summed E-state index contributed by atoms with van der Waals surface area (Å²) >= 11 is 2.28. The Kier molecular flexibility index (Phi) is 5.33. The van der Waals surface area contributed by atoms with Crippen LogP contribution >= 0.6 is 22.6 Å². The molecule has 0 spiro atoms. The van der Waals surface area contributed by atoms with Crippen LogP contribution in [-0.2, 0) is 11.3 Å². The van der Waals surface area contributed by atoms with E-state index in [-0.39, 0.29) is 11.7 Å². The fourth-order valence-electron chi connectivity index (χ4n) is 2.04. The minimum Gasteiger partial charge on any atom is -0.326 e. The van der Waals surface area contributed by atoms with Crippen LogP contribution in [0, 0.1) is 23.2 Å². The van der Waals surface area contributed by atoms with Gasteiger partial charge in [-0.2, -0.15) is 5.10 Å². The highest BCUT2D eigenvalue weighted by atomic mass is 127. The van der Waals surface area contributed by atoms with Gasteiger partial charge in [-0.3, -0.25) is 9.48 Å². The van der Waals surface area contributed by atoms with Crippen LogP contribution < -0.4 is 5.32 Å². The van der Waals surface area contributed by atoms with E-state index in [1.165, 1.54) is 15.7 Å². The van der Waals surface area contributed by atoms with Gasteiger partial charge < -0.3 is 5.32 Å². The third kappa shape index (κ3) is 4.26. The molecule has 1 heterocycles. The molecule has 4 nitrogen and oxygen atoms in total. The molecular formula is C15H17FIN3O. The van der Waals surface area contributed by atoms with Crippen LogP contribution in [0.2, 0.25) is 0 Å². The number of anilines is 1. The number of carbonyl (C=O) groups is 1. The van der Waals surface area contributed by atoms with E-state index >= 15 is 0 Å². The minimum atomic E-state index is -0.313. The third-order valence-electron chi connectivity index (χ3n) is 3.19. The fraction of sp³-hybridized carbons (Fsp3) is 0.333. The summed E-state index contributed by atoms with van der Waals surface area (Å²) in [7, 11) is 0. The molecule has 1 aromatic heterocycles. The molecule has 1 N–H and O–H groups in total. The number of aryl methyl sites for hydroxylation is 2. The fourth-order valence-corrected chi connectivity index (χ4v) is 2.43. The average molecular weight is 401 g/mol. The van der Waals surface area contributed by atoms with E-state index < -0.39 is 0 Å². The highest BCUT2D eigenvalue weighted by Gasteiger charge is 2.09. The lowest BCUT2D eigenvalue weighted by Gasteiger charge is -2.06. The smallest absolute Gasteiger partial charge is 0.224 e. The lowest BCUT2D eigenvalue weighted by atomic mass is 10.2. The summed E-state index contributed by atoms with van der Waals surface area (Å²) in [5, 5.41) is 7.19. The molecule has 0 fully saturated rings.